The fourth-order valence-electron chi connectivity index (χ4n) is 1.86. The molecule has 112 valence electrons. The Morgan fingerprint density at radius 1 is 1.43 bits per heavy atom. The molecule has 0 saturated heterocycles. The van der Waals surface area contributed by atoms with E-state index in [0.29, 0.717) is 18.7 Å². The van der Waals surface area contributed by atoms with Crippen LogP contribution in [0.25, 0.3) is 0 Å². The number of rotatable bonds is 7. The third-order valence-corrected chi connectivity index (χ3v) is 3.86. The van der Waals surface area contributed by atoms with Gasteiger partial charge in [-0.1, -0.05) is 6.07 Å². The van der Waals surface area contributed by atoms with E-state index in [9.17, 15) is 9.18 Å². The number of amides is 1. The standard InChI is InChI=1S/C15H18FN3OS/c1-19(9-6-15-17-7-10-21-15)8-5-14(20)18-13-4-2-3-12(16)11-13/h2-4,7,10-11H,5-6,8-9H2,1H3,(H,18,20). The van der Waals surface area contributed by atoms with Crippen molar-refractivity contribution in [2.75, 3.05) is 25.5 Å². The van der Waals surface area contributed by atoms with Crippen LogP contribution in [0.2, 0.25) is 0 Å². The van der Waals surface area contributed by atoms with Crippen molar-refractivity contribution < 1.29 is 9.18 Å². The second kappa shape index (κ2) is 7.85. The molecule has 1 amide bonds. The fourth-order valence-corrected chi connectivity index (χ4v) is 2.47. The first-order valence-corrected chi connectivity index (χ1v) is 7.64. The van der Waals surface area contributed by atoms with Crippen molar-refractivity contribution >= 4 is 22.9 Å². The number of nitrogens with zero attached hydrogens (tertiary/aromatic N) is 2. The van der Waals surface area contributed by atoms with E-state index in [1.54, 1.807) is 29.7 Å². The molecule has 0 aliphatic carbocycles. The smallest absolute Gasteiger partial charge is 0.225 e. The van der Waals surface area contributed by atoms with Gasteiger partial charge in [-0.25, -0.2) is 9.37 Å². The molecular weight excluding hydrogens is 289 g/mol. The van der Waals surface area contributed by atoms with E-state index in [2.05, 4.69) is 15.2 Å². The Morgan fingerprint density at radius 3 is 3.00 bits per heavy atom. The van der Waals surface area contributed by atoms with Crippen LogP contribution in [-0.2, 0) is 11.2 Å². The topological polar surface area (TPSA) is 45.2 Å². The third-order valence-electron chi connectivity index (χ3n) is 3.02. The van der Waals surface area contributed by atoms with Gasteiger partial charge in [0, 0.05) is 43.2 Å². The summed E-state index contributed by atoms with van der Waals surface area (Å²) >= 11 is 1.64. The number of anilines is 1. The Bertz CT molecular complexity index is 574. The Hall–Kier alpha value is -1.79. The zero-order valence-corrected chi connectivity index (χ0v) is 12.7. The minimum Gasteiger partial charge on any atom is -0.326 e. The van der Waals surface area contributed by atoms with Gasteiger partial charge in [0.1, 0.15) is 5.82 Å². The van der Waals surface area contributed by atoms with Gasteiger partial charge in [-0.05, 0) is 25.2 Å². The summed E-state index contributed by atoms with van der Waals surface area (Å²) in [7, 11) is 1.98. The summed E-state index contributed by atoms with van der Waals surface area (Å²) in [5, 5.41) is 5.75. The van der Waals surface area contributed by atoms with Gasteiger partial charge in [-0.3, -0.25) is 4.79 Å². The predicted octanol–water partition coefficient (Wildman–Crippen LogP) is 2.79. The Morgan fingerprint density at radius 2 is 2.29 bits per heavy atom. The van der Waals surface area contributed by atoms with Crippen LogP contribution in [0.5, 0.6) is 0 Å². The summed E-state index contributed by atoms with van der Waals surface area (Å²) in [6.45, 7) is 1.52. The van der Waals surface area contributed by atoms with E-state index in [-0.39, 0.29) is 11.7 Å². The largest absolute Gasteiger partial charge is 0.326 e. The summed E-state index contributed by atoms with van der Waals surface area (Å²) in [5.74, 6) is -0.463. The first-order chi connectivity index (χ1) is 10.1. The number of hydrogen-bond acceptors (Lipinski definition) is 4. The molecule has 1 aromatic heterocycles. The molecule has 1 heterocycles. The van der Waals surface area contributed by atoms with E-state index in [4.69, 9.17) is 0 Å². The first-order valence-electron chi connectivity index (χ1n) is 6.76. The van der Waals surface area contributed by atoms with Crippen LogP contribution in [0.1, 0.15) is 11.4 Å². The Kier molecular flexibility index (Phi) is 5.83. The predicted molar refractivity (Wildman–Crippen MR) is 83.0 cm³/mol. The van der Waals surface area contributed by atoms with Gasteiger partial charge < -0.3 is 10.2 Å². The van der Waals surface area contributed by atoms with Crippen molar-refractivity contribution in [1.82, 2.24) is 9.88 Å². The van der Waals surface area contributed by atoms with Gasteiger partial charge in [0.05, 0.1) is 5.01 Å². The molecule has 0 spiro atoms. The second-order valence-electron chi connectivity index (χ2n) is 4.79. The van der Waals surface area contributed by atoms with Crippen molar-refractivity contribution in [2.45, 2.75) is 12.8 Å². The minimum atomic E-state index is -0.353. The maximum atomic E-state index is 13.0. The van der Waals surface area contributed by atoms with E-state index in [0.717, 1.165) is 18.0 Å². The van der Waals surface area contributed by atoms with Crippen LogP contribution < -0.4 is 5.32 Å². The zero-order valence-electron chi connectivity index (χ0n) is 11.9. The van der Waals surface area contributed by atoms with E-state index >= 15 is 0 Å². The molecular formula is C15H18FN3OS. The Labute approximate surface area is 127 Å². The molecule has 0 radical (unpaired) electrons. The van der Waals surface area contributed by atoms with Crippen molar-refractivity contribution in [1.29, 1.82) is 0 Å². The number of likely N-dealkylation sites (N-methyl/N-ethyl adjacent to an activating group) is 1. The molecule has 4 nitrogen and oxygen atoms in total. The van der Waals surface area contributed by atoms with Gasteiger partial charge in [0.25, 0.3) is 0 Å². The average Bonchev–Trinajstić information content (AvgIpc) is 2.96. The highest BCUT2D eigenvalue weighted by Gasteiger charge is 2.06. The number of carbonyl (C=O) groups excluding carboxylic acids is 1. The molecule has 0 saturated carbocycles. The van der Waals surface area contributed by atoms with Crippen molar-refractivity contribution in [2.24, 2.45) is 0 Å². The lowest BCUT2D eigenvalue weighted by molar-refractivity contribution is -0.116. The maximum Gasteiger partial charge on any atom is 0.225 e. The molecule has 0 aliphatic rings. The van der Waals surface area contributed by atoms with Gasteiger partial charge in [-0.15, -0.1) is 11.3 Å². The number of carbonyl (C=O) groups is 1. The summed E-state index contributed by atoms with van der Waals surface area (Å²) in [4.78, 5) is 18.1. The molecule has 0 aliphatic heterocycles. The molecule has 1 N–H and O–H groups in total. The lowest BCUT2D eigenvalue weighted by Gasteiger charge is -2.15. The number of thiazole rings is 1. The average molecular weight is 307 g/mol. The molecule has 0 fully saturated rings. The number of aromatic nitrogens is 1. The zero-order chi connectivity index (χ0) is 15.1. The fraction of sp³-hybridized carbons (Fsp3) is 0.333. The molecule has 1 aromatic carbocycles. The molecule has 2 rings (SSSR count). The second-order valence-corrected chi connectivity index (χ2v) is 5.77. The van der Waals surface area contributed by atoms with Crippen molar-refractivity contribution in [3.63, 3.8) is 0 Å². The lowest BCUT2D eigenvalue weighted by Crippen LogP contribution is -2.26. The monoisotopic (exact) mass is 307 g/mol. The van der Waals surface area contributed by atoms with Crippen molar-refractivity contribution in [3.8, 4) is 0 Å². The van der Waals surface area contributed by atoms with Gasteiger partial charge in [0.2, 0.25) is 5.91 Å². The summed E-state index contributed by atoms with van der Waals surface area (Å²) in [5.41, 5.74) is 0.491. The molecule has 6 heteroatoms. The summed E-state index contributed by atoms with van der Waals surface area (Å²) in [6.07, 6.45) is 3.07. The van der Waals surface area contributed by atoms with Crippen LogP contribution in [0, 0.1) is 5.82 Å². The first kappa shape index (κ1) is 15.6. The van der Waals surface area contributed by atoms with Crippen LogP contribution in [0.4, 0.5) is 10.1 Å². The normalized spacial score (nSPS) is 10.8. The molecule has 21 heavy (non-hydrogen) atoms. The van der Waals surface area contributed by atoms with Gasteiger partial charge >= 0.3 is 0 Å². The molecule has 0 atom stereocenters. The SMILES string of the molecule is CN(CCC(=O)Nc1cccc(F)c1)CCc1nccs1. The summed E-state index contributed by atoms with van der Waals surface area (Å²) in [6, 6.07) is 5.91. The van der Waals surface area contributed by atoms with E-state index in [1.807, 2.05) is 12.4 Å². The lowest BCUT2D eigenvalue weighted by atomic mass is 10.3. The number of halogens is 1. The molecule has 2 aromatic rings. The quantitative estimate of drug-likeness (QED) is 0.855. The van der Waals surface area contributed by atoms with E-state index < -0.39 is 0 Å². The van der Waals surface area contributed by atoms with Crippen LogP contribution in [0.15, 0.2) is 35.8 Å². The molecule has 0 unspecified atom stereocenters. The van der Waals surface area contributed by atoms with Crippen LogP contribution in [-0.4, -0.2) is 35.9 Å². The third kappa shape index (κ3) is 5.61. The Balaban J connectivity index is 1.68. The minimum absolute atomic E-state index is 0.110. The van der Waals surface area contributed by atoms with Crippen LogP contribution in [0.3, 0.4) is 0 Å². The highest BCUT2D eigenvalue weighted by Crippen LogP contribution is 2.09. The van der Waals surface area contributed by atoms with E-state index in [1.165, 1.54) is 12.1 Å². The van der Waals surface area contributed by atoms with Crippen molar-refractivity contribution in [3.05, 3.63) is 46.7 Å². The number of benzene rings is 1. The van der Waals surface area contributed by atoms with Gasteiger partial charge in [0.15, 0.2) is 0 Å². The molecule has 0 bridgehead atoms. The highest BCUT2D eigenvalue weighted by atomic mass is 32.1. The summed E-state index contributed by atoms with van der Waals surface area (Å²) < 4.78 is 13.0. The maximum absolute atomic E-state index is 13.0. The number of hydrogen-bond donors (Lipinski definition) is 1. The van der Waals surface area contributed by atoms with Crippen LogP contribution >= 0.6 is 11.3 Å². The van der Waals surface area contributed by atoms with Gasteiger partial charge in [-0.2, -0.15) is 0 Å². The highest BCUT2D eigenvalue weighted by molar-refractivity contribution is 7.09. The number of nitrogens with one attached hydrogen (secondary N) is 1.